The van der Waals surface area contributed by atoms with Crippen LogP contribution in [-0.4, -0.2) is 36.8 Å². The molecule has 0 heterocycles. The van der Waals surface area contributed by atoms with E-state index in [1.54, 1.807) is 0 Å². The Hall–Kier alpha value is -1.55. The predicted molar refractivity (Wildman–Crippen MR) is 90.3 cm³/mol. The molecule has 2 unspecified atom stereocenters. The highest BCUT2D eigenvalue weighted by atomic mass is 16.3. The Morgan fingerprint density at radius 1 is 1.32 bits per heavy atom. The standard InChI is InChI=1S/C18H28N2O2/c1-4-20(5-2)15-10-8-14(9-11-15)17(22)19-16-7-6-12-18(16,3)13-21/h8-11,16,21H,4-7,12-13H2,1-3H3,(H,19,22). The normalized spacial score (nSPS) is 24.3. The van der Waals surface area contributed by atoms with E-state index in [1.165, 1.54) is 0 Å². The van der Waals surface area contributed by atoms with Crippen molar-refractivity contribution >= 4 is 11.6 Å². The van der Waals surface area contributed by atoms with Gasteiger partial charge in [0, 0.05) is 35.8 Å². The summed E-state index contributed by atoms with van der Waals surface area (Å²) in [6.07, 6.45) is 2.97. The lowest BCUT2D eigenvalue weighted by Crippen LogP contribution is -2.44. The van der Waals surface area contributed by atoms with Crippen LogP contribution in [0.2, 0.25) is 0 Å². The second kappa shape index (κ2) is 7.14. The molecule has 4 heteroatoms. The maximum atomic E-state index is 12.4. The molecule has 1 aliphatic carbocycles. The lowest BCUT2D eigenvalue weighted by molar-refractivity contribution is 0.0830. The van der Waals surface area contributed by atoms with Crippen molar-refractivity contribution in [2.75, 3.05) is 24.6 Å². The highest BCUT2D eigenvalue weighted by Gasteiger charge is 2.39. The number of hydrogen-bond donors (Lipinski definition) is 2. The number of rotatable bonds is 6. The Morgan fingerprint density at radius 3 is 2.50 bits per heavy atom. The zero-order valence-electron chi connectivity index (χ0n) is 13.9. The fourth-order valence-corrected chi connectivity index (χ4v) is 3.32. The topological polar surface area (TPSA) is 52.6 Å². The van der Waals surface area contributed by atoms with Crippen LogP contribution < -0.4 is 10.2 Å². The SMILES string of the molecule is CCN(CC)c1ccc(C(=O)NC2CCCC2(C)CO)cc1. The molecule has 4 nitrogen and oxygen atoms in total. The van der Waals surface area contributed by atoms with Crippen molar-refractivity contribution in [3.8, 4) is 0 Å². The maximum Gasteiger partial charge on any atom is 0.251 e. The third-order valence-corrected chi connectivity index (χ3v) is 5.01. The lowest BCUT2D eigenvalue weighted by atomic mass is 9.85. The Kier molecular flexibility index (Phi) is 5.46. The van der Waals surface area contributed by atoms with E-state index in [4.69, 9.17) is 0 Å². The van der Waals surface area contributed by atoms with Crippen molar-refractivity contribution in [3.63, 3.8) is 0 Å². The fraction of sp³-hybridized carbons (Fsp3) is 0.611. The van der Waals surface area contributed by atoms with Crippen LogP contribution in [0.4, 0.5) is 5.69 Å². The van der Waals surface area contributed by atoms with Crippen LogP contribution in [0.1, 0.15) is 50.4 Å². The second-order valence-corrected chi connectivity index (χ2v) is 6.45. The molecule has 0 spiro atoms. The minimum atomic E-state index is -0.184. The van der Waals surface area contributed by atoms with Gasteiger partial charge in [0.2, 0.25) is 0 Å². The van der Waals surface area contributed by atoms with Gasteiger partial charge in [-0.3, -0.25) is 4.79 Å². The molecule has 1 aliphatic rings. The average Bonchev–Trinajstić information content (AvgIpc) is 2.91. The van der Waals surface area contributed by atoms with E-state index in [0.717, 1.165) is 38.0 Å². The summed E-state index contributed by atoms with van der Waals surface area (Å²) in [6, 6.07) is 7.83. The summed E-state index contributed by atoms with van der Waals surface area (Å²) in [4.78, 5) is 14.7. The Labute approximate surface area is 133 Å². The quantitative estimate of drug-likeness (QED) is 0.849. The van der Waals surface area contributed by atoms with Crippen LogP contribution in [0.15, 0.2) is 24.3 Å². The summed E-state index contributed by atoms with van der Waals surface area (Å²) in [7, 11) is 0. The summed E-state index contributed by atoms with van der Waals surface area (Å²) >= 11 is 0. The number of aliphatic hydroxyl groups is 1. The van der Waals surface area contributed by atoms with Gasteiger partial charge in [-0.25, -0.2) is 0 Å². The summed E-state index contributed by atoms with van der Waals surface area (Å²) < 4.78 is 0. The van der Waals surface area contributed by atoms with Crippen molar-refractivity contribution in [2.24, 2.45) is 5.41 Å². The van der Waals surface area contributed by atoms with E-state index in [0.29, 0.717) is 5.56 Å². The third kappa shape index (κ3) is 3.43. The highest BCUT2D eigenvalue weighted by Crippen LogP contribution is 2.37. The Morgan fingerprint density at radius 2 is 1.95 bits per heavy atom. The molecule has 0 aliphatic heterocycles. The molecule has 0 aromatic heterocycles. The van der Waals surface area contributed by atoms with Gasteiger partial charge in [-0.2, -0.15) is 0 Å². The minimum absolute atomic E-state index is 0.0438. The van der Waals surface area contributed by atoms with E-state index in [-0.39, 0.29) is 24.0 Å². The van der Waals surface area contributed by atoms with Gasteiger partial charge in [-0.15, -0.1) is 0 Å². The largest absolute Gasteiger partial charge is 0.396 e. The second-order valence-electron chi connectivity index (χ2n) is 6.45. The van der Waals surface area contributed by atoms with Gasteiger partial charge in [-0.1, -0.05) is 13.3 Å². The molecule has 0 saturated heterocycles. The molecular formula is C18H28N2O2. The monoisotopic (exact) mass is 304 g/mol. The maximum absolute atomic E-state index is 12.4. The highest BCUT2D eigenvalue weighted by molar-refractivity contribution is 5.94. The summed E-state index contributed by atoms with van der Waals surface area (Å²) in [5.41, 5.74) is 1.64. The first-order chi connectivity index (χ1) is 10.5. The molecule has 2 atom stereocenters. The van der Waals surface area contributed by atoms with Gasteiger partial charge in [0.15, 0.2) is 0 Å². The van der Waals surface area contributed by atoms with Crippen molar-refractivity contribution in [3.05, 3.63) is 29.8 Å². The molecule has 1 saturated carbocycles. The van der Waals surface area contributed by atoms with E-state index >= 15 is 0 Å². The van der Waals surface area contributed by atoms with Crippen molar-refractivity contribution < 1.29 is 9.90 Å². The minimum Gasteiger partial charge on any atom is -0.396 e. The average molecular weight is 304 g/mol. The summed E-state index contributed by atoms with van der Waals surface area (Å²) in [5.74, 6) is -0.0438. The lowest BCUT2D eigenvalue weighted by Gasteiger charge is -2.30. The number of nitrogens with one attached hydrogen (secondary N) is 1. The van der Waals surface area contributed by atoms with Crippen molar-refractivity contribution in [2.45, 2.75) is 46.1 Å². The molecule has 1 aromatic carbocycles. The van der Waals surface area contributed by atoms with Crippen LogP contribution in [0.5, 0.6) is 0 Å². The third-order valence-electron chi connectivity index (χ3n) is 5.01. The number of carbonyl (C=O) groups excluding carboxylic acids is 1. The number of benzene rings is 1. The molecule has 1 amide bonds. The van der Waals surface area contributed by atoms with Gasteiger partial charge in [0.05, 0.1) is 6.61 Å². The van der Waals surface area contributed by atoms with Crippen LogP contribution in [0, 0.1) is 5.41 Å². The molecule has 1 fully saturated rings. The van der Waals surface area contributed by atoms with Gasteiger partial charge >= 0.3 is 0 Å². The summed E-state index contributed by atoms with van der Waals surface area (Å²) in [6.45, 7) is 8.34. The molecule has 1 aromatic rings. The number of anilines is 1. The number of aliphatic hydroxyl groups excluding tert-OH is 1. The molecule has 22 heavy (non-hydrogen) atoms. The van der Waals surface area contributed by atoms with E-state index in [2.05, 4.69) is 31.0 Å². The first-order valence-electron chi connectivity index (χ1n) is 8.30. The summed E-state index contributed by atoms with van der Waals surface area (Å²) in [5, 5.41) is 12.7. The van der Waals surface area contributed by atoms with Gasteiger partial charge in [-0.05, 0) is 51.0 Å². The number of hydrogen-bond acceptors (Lipinski definition) is 3. The Bertz CT molecular complexity index is 496. The van der Waals surface area contributed by atoms with Crippen molar-refractivity contribution in [1.82, 2.24) is 5.32 Å². The van der Waals surface area contributed by atoms with Crippen LogP contribution >= 0.6 is 0 Å². The van der Waals surface area contributed by atoms with Crippen LogP contribution in [-0.2, 0) is 0 Å². The first-order valence-corrected chi connectivity index (χ1v) is 8.30. The van der Waals surface area contributed by atoms with Gasteiger partial charge < -0.3 is 15.3 Å². The smallest absolute Gasteiger partial charge is 0.251 e. The van der Waals surface area contributed by atoms with Crippen LogP contribution in [0.25, 0.3) is 0 Å². The molecule has 2 rings (SSSR count). The Balaban J connectivity index is 2.04. The molecule has 2 N–H and O–H groups in total. The van der Waals surface area contributed by atoms with E-state index < -0.39 is 0 Å². The van der Waals surface area contributed by atoms with Gasteiger partial charge in [0.1, 0.15) is 0 Å². The molecule has 122 valence electrons. The zero-order valence-corrected chi connectivity index (χ0v) is 13.9. The van der Waals surface area contributed by atoms with Crippen molar-refractivity contribution in [1.29, 1.82) is 0 Å². The molecule has 0 radical (unpaired) electrons. The van der Waals surface area contributed by atoms with Gasteiger partial charge in [0.25, 0.3) is 5.91 Å². The number of nitrogens with zero attached hydrogens (tertiary/aromatic N) is 1. The molecular weight excluding hydrogens is 276 g/mol. The zero-order chi connectivity index (χ0) is 16.2. The number of carbonyl (C=O) groups is 1. The number of amides is 1. The fourth-order valence-electron chi connectivity index (χ4n) is 3.32. The van der Waals surface area contributed by atoms with E-state index in [1.807, 2.05) is 24.3 Å². The van der Waals surface area contributed by atoms with E-state index in [9.17, 15) is 9.90 Å². The van der Waals surface area contributed by atoms with Crippen LogP contribution in [0.3, 0.4) is 0 Å². The first kappa shape index (κ1) is 16.8. The molecule has 0 bridgehead atoms. The predicted octanol–water partition coefficient (Wildman–Crippen LogP) is 2.81.